The lowest BCUT2D eigenvalue weighted by atomic mass is 10.1. The number of nitrogens with zero attached hydrogens (tertiary/aromatic N) is 2. The Hall–Kier alpha value is -1.44. The maximum Gasteiger partial charge on any atom is 0.0403 e. The van der Waals surface area contributed by atoms with Gasteiger partial charge in [0.05, 0.1) is 0 Å². The first kappa shape index (κ1) is 11.1. The molecule has 2 nitrogen and oxygen atoms in total. The first-order valence-electron chi connectivity index (χ1n) is 5.82. The van der Waals surface area contributed by atoms with E-state index in [9.17, 15) is 0 Å². The van der Waals surface area contributed by atoms with Gasteiger partial charge in [-0.05, 0) is 36.2 Å². The lowest BCUT2D eigenvalue weighted by Crippen LogP contribution is -2.20. The molecule has 0 aliphatic carbocycles. The van der Waals surface area contributed by atoms with E-state index in [4.69, 9.17) is 0 Å². The first-order valence-corrected chi connectivity index (χ1v) is 5.82. The quantitative estimate of drug-likeness (QED) is 0.711. The molecule has 0 aromatic heterocycles. The third-order valence-electron chi connectivity index (χ3n) is 3.00. The summed E-state index contributed by atoms with van der Waals surface area (Å²) in [6.07, 6.45) is 4.57. The summed E-state index contributed by atoms with van der Waals surface area (Å²) in [5, 5.41) is 0. The minimum atomic E-state index is 1.04. The van der Waals surface area contributed by atoms with Crippen molar-refractivity contribution in [2.24, 2.45) is 0 Å². The molecular weight excluding hydrogens is 196 g/mol. The Morgan fingerprint density at radius 3 is 2.69 bits per heavy atom. The molecule has 0 amide bonds. The van der Waals surface area contributed by atoms with Crippen molar-refractivity contribution in [3.8, 4) is 0 Å². The van der Waals surface area contributed by atoms with E-state index < -0.39 is 0 Å². The minimum absolute atomic E-state index is 1.04. The first-order chi connectivity index (χ1) is 7.66. The number of benzene rings is 1. The van der Waals surface area contributed by atoms with Gasteiger partial charge in [-0.15, -0.1) is 0 Å². The van der Waals surface area contributed by atoms with Gasteiger partial charge in [0.25, 0.3) is 0 Å². The molecular formula is C14H20N2. The zero-order chi connectivity index (χ0) is 11.5. The predicted octanol–water partition coefficient (Wildman–Crippen LogP) is 2.51. The van der Waals surface area contributed by atoms with Crippen LogP contribution in [0.4, 0.5) is 5.69 Å². The van der Waals surface area contributed by atoms with Crippen LogP contribution in [0.1, 0.15) is 12.0 Å². The van der Waals surface area contributed by atoms with E-state index in [0.717, 1.165) is 13.0 Å². The molecule has 1 aliphatic rings. The van der Waals surface area contributed by atoms with Gasteiger partial charge in [0.2, 0.25) is 0 Å². The van der Waals surface area contributed by atoms with Gasteiger partial charge < -0.3 is 9.80 Å². The summed E-state index contributed by atoms with van der Waals surface area (Å²) in [5.74, 6) is 0. The molecule has 86 valence electrons. The van der Waals surface area contributed by atoms with Crippen LogP contribution in [0.2, 0.25) is 0 Å². The summed E-state index contributed by atoms with van der Waals surface area (Å²) in [5.41, 5.74) is 4.35. The number of aryl methyl sites for hydroxylation is 1. The van der Waals surface area contributed by atoms with E-state index >= 15 is 0 Å². The van der Waals surface area contributed by atoms with Gasteiger partial charge in [-0.25, -0.2) is 0 Å². The van der Waals surface area contributed by atoms with Gasteiger partial charge in [0.15, 0.2) is 0 Å². The Morgan fingerprint density at radius 2 is 1.94 bits per heavy atom. The van der Waals surface area contributed by atoms with Crippen molar-refractivity contribution in [1.29, 1.82) is 0 Å². The van der Waals surface area contributed by atoms with Crippen LogP contribution in [0.5, 0.6) is 0 Å². The predicted molar refractivity (Wildman–Crippen MR) is 69.8 cm³/mol. The summed E-state index contributed by atoms with van der Waals surface area (Å²) >= 11 is 0. The molecule has 0 N–H and O–H groups in total. The van der Waals surface area contributed by atoms with Crippen molar-refractivity contribution >= 4 is 5.69 Å². The number of rotatable bonds is 1. The Morgan fingerprint density at radius 1 is 1.19 bits per heavy atom. The van der Waals surface area contributed by atoms with Crippen molar-refractivity contribution in [1.82, 2.24) is 4.90 Å². The molecule has 0 unspecified atom stereocenters. The Labute approximate surface area is 98.2 Å². The van der Waals surface area contributed by atoms with E-state index in [0.29, 0.717) is 0 Å². The summed E-state index contributed by atoms with van der Waals surface area (Å²) in [7, 11) is 6.35. The molecule has 2 heteroatoms. The van der Waals surface area contributed by atoms with Crippen LogP contribution in [0.3, 0.4) is 0 Å². The average molecular weight is 216 g/mol. The monoisotopic (exact) mass is 216 g/mol. The molecule has 1 aromatic rings. The van der Waals surface area contributed by atoms with Crippen molar-refractivity contribution in [2.75, 3.05) is 32.6 Å². The number of likely N-dealkylation sites (N-methyl/N-ethyl adjacent to an activating group) is 1. The third-order valence-corrected chi connectivity index (χ3v) is 3.00. The normalized spacial score (nSPS) is 18.2. The standard InChI is InChI=1S/C14H20N2/c1-15(2)10-12-8-9-13-6-4-5-7-14(13)16(3)11-12/h4-7,10H,8-9,11H2,1-3H3. The maximum atomic E-state index is 2.34. The molecule has 1 aliphatic heterocycles. The zero-order valence-corrected chi connectivity index (χ0v) is 10.4. The molecule has 0 spiro atoms. The molecule has 0 atom stereocenters. The highest BCUT2D eigenvalue weighted by Gasteiger charge is 2.14. The topological polar surface area (TPSA) is 6.48 Å². The van der Waals surface area contributed by atoms with Crippen LogP contribution in [0, 0.1) is 0 Å². The zero-order valence-electron chi connectivity index (χ0n) is 10.4. The number of anilines is 1. The van der Waals surface area contributed by atoms with Crippen molar-refractivity contribution in [3.05, 3.63) is 41.6 Å². The third kappa shape index (κ3) is 2.38. The Balaban J connectivity index is 2.25. The summed E-state index contributed by atoms with van der Waals surface area (Å²) < 4.78 is 0. The molecule has 0 saturated carbocycles. The molecule has 0 saturated heterocycles. The van der Waals surface area contributed by atoms with Crippen molar-refractivity contribution in [2.45, 2.75) is 12.8 Å². The van der Waals surface area contributed by atoms with Gasteiger partial charge in [-0.3, -0.25) is 0 Å². The van der Waals surface area contributed by atoms with Gasteiger partial charge >= 0.3 is 0 Å². The van der Waals surface area contributed by atoms with E-state index in [-0.39, 0.29) is 0 Å². The molecule has 1 heterocycles. The fourth-order valence-electron chi connectivity index (χ4n) is 2.33. The van der Waals surface area contributed by atoms with Gasteiger partial charge in [-0.2, -0.15) is 0 Å². The van der Waals surface area contributed by atoms with Crippen LogP contribution < -0.4 is 4.90 Å². The lowest BCUT2D eigenvalue weighted by Gasteiger charge is -2.20. The van der Waals surface area contributed by atoms with Crippen LogP contribution in [0.25, 0.3) is 0 Å². The summed E-state index contributed by atoms with van der Waals surface area (Å²) in [6.45, 7) is 1.04. The summed E-state index contributed by atoms with van der Waals surface area (Å²) in [6, 6.07) is 8.71. The number of hydrogen-bond donors (Lipinski definition) is 0. The smallest absolute Gasteiger partial charge is 0.0403 e. The molecule has 0 radical (unpaired) electrons. The Kier molecular flexibility index (Phi) is 3.18. The lowest BCUT2D eigenvalue weighted by molar-refractivity contribution is 0.553. The average Bonchev–Trinajstić information content (AvgIpc) is 2.39. The second kappa shape index (κ2) is 4.60. The SMILES string of the molecule is CN(C)C=C1CCc2ccccc2N(C)C1. The molecule has 2 rings (SSSR count). The van der Waals surface area contributed by atoms with E-state index in [1.807, 2.05) is 0 Å². The second-order valence-corrected chi connectivity index (χ2v) is 4.74. The number of fused-ring (bicyclic) bond motifs is 1. The van der Waals surface area contributed by atoms with Crippen LogP contribution >= 0.6 is 0 Å². The van der Waals surface area contributed by atoms with E-state index in [1.54, 1.807) is 0 Å². The molecule has 1 aromatic carbocycles. The highest BCUT2D eigenvalue weighted by atomic mass is 15.1. The molecule has 16 heavy (non-hydrogen) atoms. The van der Waals surface area contributed by atoms with Crippen molar-refractivity contribution in [3.63, 3.8) is 0 Å². The van der Waals surface area contributed by atoms with Gasteiger partial charge in [0.1, 0.15) is 0 Å². The number of hydrogen-bond acceptors (Lipinski definition) is 2. The Bertz CT molecular complexity index is 393. The highest BCUT2D eigenvalue weighted by Crippen LogP contribution is 2.26. The summed E-state index contributed by atoms with van der Waals surface area (Å²) in [4.78, 5) is 4.48. The van der Waals surface area contributed by atoms with Crippen LogP contribution in [-0.2, 0) is 6.42 Å². The highest BCUT2D eigenvalue weighted by molar-refractivity contribution is 5.55. The van der Waals surface area contributed by atoms with Crippen LogP contribution in [0.15, 0.2) is 36.0 Å². The van der Waals surface area contributed by atoms with E-state index in [2.05, 4.69) is 61.4 Å². The fraction of sp³-hybridized carbons (Fsp3) is 0.429. The molecule has 0 fully saturated rings. The van der Waals surface area contributed by atoms with Gasteiger partial charge in [-0.1, -0.05) is 18.2 Å². The number of para-hydroxylation sites is 1. The molecule has 0 bridgehead atoms. The fourth-order valence-corrected chi connectivity index (χ4v) is 2.33. The minimum Gasteiger partial charge on any atom is -0.383 e. The van der Waals surface area contributed by atoms with Gasteiger partial charge in [0, 0.05) is 33.4 Å². The second-order valence-electron chi connectivity index (χ2n) is 4.74. The van der Waals surface area contributed by atoms with Crippen molar-refractivity contribution < 1.29 is 0 Å². The largest absolute Gasteiger partial charge is 0.383 e. The van der Waals surface area contributed by atoms with Crippen LogP contribution in [-0.4, -0.2) is 32.6 Å². The maximum absolute atomic E-state index is 2.34. The van der Waals surface area contributed by atoms with E-state index in [1.165, 1.54) is 23.2 Å².